The summed E-state index contributed by atoms with van der Waals surface area (Å²) in [6.45, 7) is 5.61. The molecule has 2 aromatic rings. The molecule has 0 aliphatic rings. The molecule has 6 nitrogen and oxygen atoms in total. The Morgan fingerprint density at radius 1 is 1.17 bits per heavy atom. The Labute approximate surface area is 171 Å². The van der Waals surface area contributed by atoms with Crippen molar-refractivity contribution in [3.63, 3.8) is 0 Å². The molecule has 0 saturated carbocycles. The topological polar surface area (TPSA) is 66.0 Å². The Balaban J connectivity index is 1.91. The first kappa shape index (κ1) is 22.2. The van der Waals surface area contributed by atoms with Gasteiger partial charge in [0.2, 0.25) is 0 Å². The van der Waals surface area contributed by atoms with Gasteiger partial charge in [-0.25, -0.2) is 9.38 Å². The van der Waals surface area contributed by atoms with Crippen molar-refractivity contribution in [1.82, 2.24) is 15.5 Å². The summed E-state index contributed by atoms with van der Waals surface area (Å²) < 4.78 is 19.0. The number of hydrogen-bond donors (Lipinski definition) is 2. The molecule has 0 heterocycles. The quantitative estimate of drug-likeness (QED) is 0.528. The van der Waals surface area contributed by atoms with E-state index in [9.17, 15) is 9.18 Å². The predicted octanol–water partition coefficient (Wildman–Crippen LogP) is 3.05. The lowest BCUT2D eigenvalue weighted by Crippen LogP contribution is -2.41. The highest BCUT2D eigenvalue weighted by atomic mass is 19.1. The maximum absolute atomic E-state index is 13.3. The molecular formula is C22H29FN4O2. The summed E-state index contributed by atoms with van der Waals surface area (Å²) in [4.78, 5) is 18.1. The average Bonchev–Trinajstić information content (AvgIpc) is 2.70. The summed E-state index contributed by atoms with van der Waals surface area (Å²) in [7, 11) is 3.46. The molecule has 0 aliphatic carbocycles. The summed E-state index contributed by atoms with van der Waals surface area (Å²) >= 11 is 0. The third kappa shape index (κ3) is 7.44. The first-order valence-corrected chi connectivity index (χ1v) is 9.64. The van der Waals surface area contributed by atoms with Crippen molar-refractivity contribution in [1.29, 1.82) is 0 Å². The number of aliphatic imine (C=N–C) groups is 1. The number of carbonyl (C=O) groups excluding carboxylic acids is 1. The summed E-state index contributed by atoms with van der Waals surface area (Å²) in [5, 5.41) is 6.42. The van der Waals surface area contributed by atoms with Crippen LogP contribution in [0.5, 0.6) is 5.75 Å². The van der Waals surface area contributed by atoms with Crippen molar-refractivity contribution in [3.8, 4) is 5.75 Å². The lowest BCUT2D eigenvalue weighted by molar-refractivity contribution is 0.0827. The summed E-state index contributed by atoms with van der Waals surface area (Å²) in [5.74, 6) is 0.808. The number of rotatable bonds is 8. The van der Waals surface area contributed by atoms with E-state index in [0.29, 0.717) is 30.4 Å². The zero-order valence-electron chi connectivity index (χ0n) is 17.4. The zero-order valence-corrected chi connectivity index (χ0v) is 17.4. The van der Waals surface area contributed by atoms with Crippen molar-refractivity contribution in [2.24, 2.45) is 4.99 Å². The van der Waals surface area contributed by atoms with E-state index in [1.54, 1.807) is 31.1 Å². The molecule has 0 aliphatic heterocycles. The van der Waals surface area contributed by atoms with Crippen LogP contribution in [0.2, 0.25) is 0 Å². The standard InChI is InChI=1S/C22H29FN4O2/c1-5-24-22(25-14-16(2)29-20-8-6-7-19(23)13-20)26-15-17-9-11-18(12-10-17)21(28)27(3)4/h6-13,16H,5,14-15H2,1-4H3,(H2,24,25,26). The molecule has 0 aromatic heterocycles. The molecule has 1 unspecified atom stereocenters. The van der Waals surface area contributed by atoms with Gasteiger partial charge in [0.05, 0.1) is 13.1 Å². The van der Waals surface area contributed by atoms with Crippen LogP contribution in [0.4, 0.5) is 4.39 Å². The van der Waals surface area contributed by atoms with Gasteiger partial charge >= 0.3 is 0 Å². The van der Waals surface area contributed by atoms with Crippen LogP contribution in [0.15, 0.2) is 53.5 Å². The average molecular weight is 400 g/mol. The first-order valence-electron chi connectivity index (χ1n) is 9.64. The number of nitrogens with one attached hydrogen (secondary N) is 2. The Kier molecular flexibility index (Phi) is 8.45. The first-order chi connectivity index (χ1) is 13.9. The fourth-order valence-corrected chi connectivity index (χ4v) is 2.58. The van der Waals surface area contributed by atoms with E-state index < -0.39 is 0 Å². The highest BCUT2D eigenvalue weighted by Crippen LogP contribution is 2.13. The maximum atomic E-state index is 13.3. The monoisotopic (exact) mass is 400 g/mol. The molecule has 1 atom stereocenters. The van der Waals surface area contributed by atoms with Crippen LogP contribution >= 0.6 is 0 Å². The molecular weight excluding hydrogens is 371 g/mol. The molecule has 0 fully saturated rings. The van der Waals surface area contributed by atoms with Gasteiger partial charge in [-0.3, -0.25) is 4.79 Å². The molecule has 0 spiro atoms. The zero-order chi connectivity index (χ0) is 21.2. The van der Waals surface area contributed by atoms with Crippen LogP contribution < -0.4 is 15.4 Å². The van der Waals surface area contributed by atoms with E-state index >= 15 is 0 Å². The third-order valence-electron chi connectivity index (χ3n) is 4.06. The van der Waals surface area contributed by atoms with E-state index in [1.807, 2.05) is 38.1 Å². The van der Waals surface area contributed by atoms with Gasteiger partial charge < -0.3 is 20.3 Å². The van der Waals surface area contributed by atoms with Crippen LogP contribution in [0.25, 0.3) is 0 Å². The van der Waals surface area contributed by atoms with Gasteiger partial charge in [0.15, 0.2) is 5.96 Å². The Morgan fingerprint density at radius 2 is 1.90 bits per heavy atom. The van der Waals surface area contributed by atoms with E-state index in [0.717, 1.165) is 12.1 Å². The number of ether oxygens (including phenoxy) is 1. The van der Waals surface area contributed by atoms with Crippen molar-refractivity contribution >= 4 is 11.9 Å². The van der Waals surface area contributed by atoms with Crippen LogP contribution in [-0.2, 0) is 6.54 Å². The number of nitrogens with zero attached hydrogens (tertiary/aromatic N) is 2. The number of amides is 1. The lowest BCUT2D eigenvalue weighted by atomic mass is 10.1. The minimum Gasteiger partial charge on any atom is -0.489 e. The van der Waals surface area contributed by atoms with Crippen molar-refractivity contribution in [2.75, 3.05) is 27.2 Å². The second-order valence-corrected chi connectivity index (χ2v) is 6.86. The molecule has 156 valence electrons. The summed E-state index contributed by atoms with van der Waals surface area (Å²) in [5.41, 5.74) is 1.65. The maximum Gasteiger partial charge on any atom is 0.253 e. The van der Waals surface area contributed by atoms with Gasteiger partial charge in [0, 0.05) is 32.3 Å². The third-order valence-corrected chi connectivity index (χ3v) is 4.06. The molecule has 1 amide bonds. The highest BCUT2D eigenvalue weighted by molar-refractivity contribution is 5.93. The number of benzene rings is 2. The lowest BCUT2D eigenvalue weighted by Gasteiger charge is -2.17. The fourth-order valence-electron chi connectivity index (χ4n) is 2.58. The molecule has 29 heavy (non-hydrogen) atoms. The summed E-state index contributed by atoms with van der Waals surface area (Å²) in [6.07, 6.45) is -0.169. The number of guanidine groups is 1. The van der Waals surface area contributed by atoms with Gasteiger partial charge in [-0.1, -0.05) is 18.2 Å². The molecule has 2 aromatic carbocycles. The van der Waals surface area contributed by atoms with Crippen LogP contribution in [-0.4, -0.2) is 50.1 Å². The van der Waals surface area contributed by atoms with E-state index in [4.69, 9.17) is 4.74 Å². The fraction of sp³-hybridized carbons (Fsp3) is 0.364. The van der Waals surface area contributed by atoms with E-state index in [1.165, 1.54) is 12.1 Å². The van der Waals surface area contributed by atoms with Gasteiger partial charge in [-0.15, -0.1) is 0 Å². The Bertz CT molecular complexity index is 822. The molecule has 0 radical (unpaired) electrons. The highest BCUT2D eigenvalue weighted by Gasteiger charge is 2.08. The van der Waals surface area contributed by atoms with Crippen molar-refractivity contribution < 1.29 is 13.9 Å². The molecule has 2 rings (SSSR count). The minimum atomic E-state index is -0.323. The van der Waals surface area contributed by atoms with Gasteiger partial charge in [0.1, 0.15) is 17.7 Å². The van der Waals surface area contributed by atoms with E-state index in [-0.39, 0.29) is 17.8 Å². The largest absolute Gasteiger partial charge is 0.489 e. The van der Waals surface area contributed by atoms with Gasteiger partial charge in [0.25, 0.3) is 5.91 Å². The van der Waals surface area contributed by atoms with Crippen LogP contribution in [0, 0.1) is 5.82 Å². The molecule has 2 N–H and O–H groups in total. The van der Waals surface area contributed by atoms with Crippen molar-refractivity contribution in [2.45, 2.75) is 26.5 Å². The van der Waals surface area contributed by atoms with Crippen LogP contribution in [0.3, 0.4) is 0 Å². The molecule has 0 saturated heterocycles. The smallest absolute Gasteiger partial charge is 0.253 e. The number of hydrogen-bond acceptors (Lipinski definition) is 3. The second-order valence-electron chi connectivity index (χ2n) is 6.86. The summed E-state index contributed by atoms with van der Waals surface area (Å²) in [6, 6.07) is 13.5. The minimum absolute atomic E-state index is 0.0256. The molecule has 0 bridgehead atoms. The van der Waals surface area contributed by atoms with Crippen molar-refractivity contribution in [3.05, 3.63) is 65.5 Å². The SMILES string of the molecule is CCNC(=NCc1ccc(C(=O)N(C)C)cc1)NCC(C)Oc1cccc(F)c1. The number of halogens is 1. The Hall–Kier alpha value is -3.09. The number of carbonyl (C=O) groups is 1. The van der Waals surface area contributed by atoms with E-state index in [2.05, 4.69) is 15.6 Å². The molecule has 7 heteroatoms. The second kappa shape index (κ2) is 11.0. The normalized spacial score (nSPS) is 12.2. The van der Waals surface area contributed by atoms with Crippen LogP contribution in [0.1, 0.15) is 29.8 Å². The van der Waals surface area contributed by atoms with Gasteiger partial charge in [-0.05, 0) is 43.7 Å². The predicted molar refractivity (Wildman–Crippen MR) is 114 cm³/mol. The Morgan fingerprint density at radius 3 is 2.52 bits per heavy atom. The van der Waals surface area contributed by atoms with Gasteiger partial charge in [-0.2, -0.15) is 0 Å².